The molecule has 2 N–H and O–H groups in total. The maximum atomic E-state index is 5.90. The summed E-state index contributed by atoms with van der Waals surface area (Å²) in [6.45, 7) is 4.80. The van der Waals surface area contributed by atoms with E-state index >= 15 is 0 Å². The number of aromatic nitrogens is 2. The molecule has 0 aliphatic rings. The highest BCUT2D eigenvalue weighted by Gasteiger charge is 2.15. The zero-order valence-corrected chi connectivity index (χ0v) is 12.2. The number of aryl methyl sites for hydroxylation is 2. The minimum absolute atomic E-state index is 0.254. The van der Waals surface area contributed by atoms with Gasteiger partial charge in [0.25, 0.3) is 0 Å². The Kier molecular flexibility index (Phi) is 4.74. The average molecular weight is 279 g/mol. The van der Waals surface area contributed by atoms with Gasteiger partial charge in [-0.15, -0.1) is 0 Å². The molecule has 96 valence electrons. The highest BCUT2D eigenvalue weighted by molar-refractivity contribution is 8.01. The van der Waals surface area contributed by atoms with Crippen molar-refractivity contribution in [3.63, 3.8) is 0 Å². The summed E-state index contributed by atoms with van der Waals surface area (Å²) in [4.78, 5) is 4.49. The van der Waals surface area contributed by atoms with Crippen LogP contribution < -0.4 is 5.73 Å². The van der Waals surface area contributed by atoms with Gasteiger partial charge in [-0.2, -0.15) is 4.37 Å². The molecule has 0 fully saturated rings. The summed E-state index contributed by atoms with van der Waals surface area (Å²) in [7, 11) is 0. The molecule has 1 atom stereocenters. The molecule has 3 nitrogen and oxygen atoms in total. The van der Waals surface area contributed by atoms with E-state index in [2.05, 4.69) is 47.5 Å². The van der Waals surface area contributed by atoms with Crippen molar-refractivity contribution in [1.29, 1.82) is 0 Å². The quantitative estimate of drug-likeness (QED) is 0.854. The number of nitrogens with two attached hydrogens (primary N) is 1. The van der Waals surface area contributed by atoms with Crippen molar-refractivity contribution in [2.75, 3.05) is 6.54 Å². The topological polar surface area (TPSA) is 51.8 Å². The van der Waals surface area contributed by atoms with Crippen molar-refractivity contribution >= 4 is 23.3 Å². The molecule has 0 radical (unpaired) electrons. The molecule has 1 unspecified atom stereocenters. The largest absolute Gasteiger partial charge is 0.329 e. The zero-order valence-electron chi connectivity index (χ0n) is 10.6. The lowest BCUT2D eigenvalue weighted by Crippen LogP contribution is -2.10. The Labute approximate surface area is 116 Å². The van der Waals surface area contributed by atoms with E-state index in [0.29, 0.717) is 6.54 Å². The van der Waals surface area contributed by atoms with E-state index in [1.807, 2.05) is 0 Å². The molecule has 0 aliphatic heterocycles. The second-order valence-electron chi connectivity index (χ2n) is 4.03. The first kappa shape index (κ1) is 13.5. The molecule has 0 saturated heterocycles. The number of hydrogen-bond acceptors (Lipinski definition) is 5. The van der Waals surface area contributed by atoms with Gasteiger partial charge in [-0.1, -0.05) is 43.0 Å². The van der Waals surface area contributed by atoms with Crippen molar-refractivity contribution in [1.82, 2.24) is 9.36 Å². The lowest BCUT2D eigenvalue weighted by molar-refractivity contribution is 0.923. The first-order chi connectivity index (χ1) is 8.74. The van der Waals surface area contributed by atoms with Crippen molar-refractivity contribution < 1.29 is 0 Å². The average Bonchev–Trinajstić information content (AvgIpc) is 2.85. The number of rotatable bonds is 5. The fraction of sp³-hybridized carbons (Fsp3) is 0.385. The molecular formula is C13H17N3S2. The highest BCUT2D eigenvalue weighted by atomic mass is 32.2. The van der Waals surface area contributed by atoms with E-state index in [9.17, 15) is 0 Å². The number of nitrogens with zero attached hydrogens (tertiary/aromatic N) is 2. The maximum Gasteiger partial charge on any atom is 0.170 e. The molecular weight excluding hydrogens is 262 g/mol. The third-order valence-corrected chi connectivity index (χ3v) is 4.84. The minimum atomic E-state index is 0.254. The SMILES string of the molecule is CCc1nsc(SC(CN)c2ccccc2C)n1. The van der Waals surface area contributed by atoms with E-state index in [0.717, 1.165) is 16.6 Å². The lowest BCUT2D eigenvalue weighted by atomic mass is 10.1. The monoisotopic (exact) mass is 279 g/mol. The molecule has 0 spiro atoms. The van der Waals surface area contributed by atoms with Crippen LogP contribution in [0.1, 0.15) is 29.1 Å². The minimum Gasteiger partial charge on any atom is -0.329 e. The van der Waals surface area contributed by atoms with Crippen molar-refractivity contribution in [3.05, 3.63) is 41.2 Å². The molecule has 18 heavy (non-hydrogen) atoms. The molecule has 0 saturated carbocycles. The molecule has 2 rings (SSSR count). The van der Waals surface area contributed by atoms with Gasteiger partial charge in [0.2, 0.25) is 0 Å². The van der Waals surface area contributed by atoms with Crippen LogP contribution in [0.3, 0.4) is 0 Å². The normalized spacial score (nSPS) is 12.6. The van der Waals surface area contributed by atoms with Crippen molar-refractivity contribution in [2.45, 2.75) is 29.9 Å². The fourth-order valence-corrected chi connectivity index (χ4v) is 3.76. The third-order valence-electron chi connectivity index (χ3n) is 2.76. The van der Waals surface area contributed by atoms with Crippen LogP contribution in [0, 0.1) is 6.92 Å². The molecule has 1 aromatic carbocycles. The Morgan fingerprint density at radius 1 is 1.39 bits per heavy atom. The van der Waals surface area contributed by atoms with Gasteiger partial charge in [0.05, 0.1) is 0 Å². The van der Waals surface area contributed by atoms with E-state index in [1.54, 1.807) is 11.8 Å². The predicted molar refractivity (Wildman–Crippen MR) is 78.1 cm³/mol. The molecule has 5 heteroatoms. The summed E-state index contributed by atoms with van der Waals surface area (Å²) in [6.07, 6.45) is 0.884. The van der Waals surface area contributed by atoms with Gasteiger partial charge in [-0.25, -0.2) is 4.98 Å². The first-order valence-corrected chi connectivity index (χ1v) is 7.64. The fourth-order valence-electron chi connectivity index (χ4n) is 1.74. The van der Waals surface area contributed by atoms with Crippen LogP contribution in [-0.2, 0) is 6.42 Å². The lowest BCUT2D eigenvalue weighted by Gasteiger charge is -2.15. The highest BCUT2D eigenvalue weighted by Crippen LogP contribution is 2.36. The van der Waals surface area contributed by atoms with Gasteiger partial charge in [-0.3, -0.25) is 0 Å². The summed E-state index contributed by atoms with van der Waals surface area (Å²) in [5.41, 5.74) is 8.46. The van der Waals surface area contributed by atoms with Gasteiger partial charge < -0.3 is 5.73 Å². The Morgan fingerprint density at radius 3 is 2.78 bits per heavy atom. The molecule has 2 aromatic rings. The molecule has 0 aliphatic carbocycles. The van der Waals surface area contributed by atoms with Crippen LogP contribution in [0.4, 0.5) is 0 Å². The van der Waals surface area contributed by atoms with E-state index in [4.69, 9.17) is 5.73 Å². The van der Waals surface area contributed by atoms with Gasteiger partial charge in [0, 0.05) is 18.2 Å². The van der Waals surface area contributed by atoms with Gasteiger partial charge in [-0.05, 0) is 29.6 Å². The third kappa shape index (κ3) is 3.10. The van der Waals surface area contributed by atoms with Crippen LogP contribution in [0.25, 0.3) is 0 Å². The van der Waals surface area contributed by atoms with E-state index in [-0.39, 0.29) is 5.25 Å². The summed E-state index contributed by atoms with van der Waals surface area (Å²) in [5.74, 6) is 0.919. The van der Waals surface area contributed by atoms with E-state index < -0.39 is 0 Å². The zero-order chi connectivity index (χ0) is 13.0. The summed E-state index contributed by atoms with van der Waals surface area (Å²) in [5, 5.41) is 0.254. The van der Waals surface area contributed by atoms with Crippen LogP contribution >= 0.6 is 23.3 Å². The van der Waals surface area contributed by atoms with Crippen molar-refractivity contribution in [2.24, 2.45) is 5.73 Å². The smallest absolute Gasteiger partial charge is 0.170 e. The first-order valence-electron chi connectivity index (χ1n) is 5.99. The molecule has 0 bridgehead atoms. The van der Waals surface area contributed by atoms with Gasteiger partial charge in [0.15, 0.2) is 4.34 Å². The maximum absolute atomic E-state index is 5.90. The molecule has 1 aromatic heterocycles. The second-order valence-corrected chi connectivity index (χ2v) is 6.23. The Bertz CT molecular complexity index is 510. The molecule has 1 heterocycles. The van der Waals surface area contributed by atoms with Crippen LogP contribution in [0.15, 0.2) is 28.6 Å². The molecule has 0 amide bonds. The number of hydrogen-bond donors (Lipinski definition) is 1. The Morgan fingerprint density at radius 2 is 2.17 bits per heavy atom. The van der Waals surface area contributed by atoms with Gasteiger partial charge >= 0.3 is 0 Å². The van der Waals surface area contributed by atoms with Crippen molar-refractivity contribution in [3.8, 4) is 0 Å². The van der Waals surface area contributed by atoms with Crippen LogP contribution in [-0.4, -0.2) is 15.9 Å². The summed E-state index contributed by atoms with van der Waals surface area (Å²) in [6, 6.07) is 8.37. The second kappa shape index (κ2) is 6.31. The van der Waals surface area contributed by atoms with Crippen LogP contribution in [0.5, 0.6) is 0 Å². The van der Waals surface area contributed by atoms with Crippen LogP contribution in [0.2, 0.25) is 0 Å². The predicted octanol–water partition coefficient (Wildman–Crippen LogP) is 3.20. The summed E-state index contributed by atoms with van der Waals surface area (Å²) < 4.78 is 5.31. The van der Waals surface area contributed by atoms with Gasteiger partial charge in [0.1, 0.15) is 5.82 Å². The number of benzene rings is 1. The Balaban J connectivity index is 2.17. The summed E-state index contributed by atoms with van der Waals surface area (Å²) >= 11 is 3.18. The number of thioether (sulfide) groups is 1. The van der Waals surface area contributed by atoms with E-state index in [1.165, 1.54) is 22.7 Å². The standard InChI is InChI=1S/C13H17N3S2/c1-3-12-15-13(18-16-12)17-11(8-14)10-7-5-4-6-9(10)2/h4-7,11H,3,8,14H2,1-2H3. The Hall–Kier alpha value is -0.910.